The van der Waals surface area contributed by atoms with E-state index in [0.717, 1.165) is 11.1 Å². The van der Waals surface area contributed by atoms with E-state index in [1.165, 1.54) is 6.07 Å². The lowest BCUT2D eigenvalue weighted by Gasteiger charge is -2.15. The number of fused-ring (bicyclic) bond motifs is 1. The topological polar surface area (TPSA) is 33.6 Å². The fourth-order valence-electron chi connectivity index (χ4n) is 2.30. The van der Waals surface area contributed by atoms with E-state index in [0.29, 0.717) is 10.3 Å². The summed E-state index contributed by atoms with van der Waals surface area (Å²) in [6.45, 7) is 2.02. The smallest absolute Gasteiger partial charge is 0.178 e. The predicted octanol–water partition coefficient (Wildman–Crippen LogP) is 4.50. The minimum Gasteiger partial charge on any atom is -0.330 e. The molecule has 2 aromatic heterocycles. The maximum absolute atomic E-state index is 13.5. The average Bonchev–Trinajstić information content (AvgIpc) is 2.75. The zero-order valence-electron chi connectivity index (χ0n) is 10.6. The average molecular weight is 308 g/mol. The summed E-state index contributed by atoms with van der Waals surface area (Å²) in [5.41, 5.74) is 2.49. The molecule has 0 spiro atoms. The molecule has 3 aromatic rings. The number of nitrogens with one attached hydrogen (secondary N) is 1. The van der Waals surface area contributed by atoms with Crippen molar-refractivity contribution in [1.29, 1.82) is 0 Å². The molecule has 6 heteroatoms. The van der Waals surface area contributed by atoms with Crippen LogP contribution >= 0.6 is 23.8 Å². The fourth-order valence-corrected chi connectivity index (χ4v) is 2.82. The maximum Gasteiger partial charge on any atom is 0.178 e. The summed E-state index contributed by atoms with van der Waals surface area (Å²) in [7, 11) is 0. The molecule has 102 valence electrons. The lowest BCUT2D eigenvalue weighted by atomic mass is 10.1. The van der Waals surface area contributed by atoms with Crippen molar-refractivity contribution < 1.29 is 4.39 Å². The van der Waals surface area contributed by atoms with Gasteiger partial charge < -0.3 is 9.55 Å². The number of aromatic amines is 1. The number of rotatable bonds is 2. The zero-order chi connectivity index (χ0) is 14.3. The molecule has 1 aromatic carbocycles. The molecule has 20 heavy (non-hydrogen) atoms. The first kappa shape index (κ1) is 13.3. The Bertz CT molecular complexity index is 826. The molecule has 0 aliphatic carbocycles. The number of H-pyrrole nitrogens is 1. The Balaban J connectivity index is 2.24. The monoisotopic (exact) mass is 307 g/mol. The van der Waals surface area contributed by atoms with Gasteiger partial charge in [0.25, 0.3) is 0 Å². The summed E-state index contributed by atoms with van der Waals surface area (Å²) in [5, 5.41) is 0.0854. The van der Waals surface area contributed by atoms with Crippen molar-refractivity contribution in [3.8, 4) is 0 Å². The van der Waals surface area contributed by atoms with Gasteiger partial charge in [0.2, 0.25) is 0 Å². The Morgan fingerprint density at radius 1 is 1.35 bits per heavy atom. The summed E-state index contributed by atoms with van der Waals surface area (Å²) in [6.07, 6.45) is 3.47. The first-order valence-corrected chi connectivity index (χ1v) is 6.85. The summed E-state index contributed by atoms with van der Waals surface area (Å²) >= 11 is 11.2. The standard InChI is InChI=1S/C14H11ClFN3S/c1-8(9-2-4-17-5-3-9)19-13-6-10(15)11(16)7-12(13)18-14(19)20/h2-8H,1H3,(H,18,20). The van der Waals surface area contributed by atoms with Gasteiger partial charge in [0.15, 0.2) is 4.77 Å². The van der Waals surface area contributed by atoms with Gasteiger partial charge in [-0.05, 0) is 42.9 Å². The van der Waals surface area contributed by atoms with E-state index < -0.39 is 5.82 Å². The van der Waals surface area contributed by atoms with Crippen LogP contribution in [0, 0.1) is 10.6 Å². The van der Waals surface area contributed by atoms with Crippen LogP contribution in [-0.4, -0.2) is 14.5 Å². The third kappa shape index (κ3) is 2.13. The highest BCUT2D eigenvalue weighted by atomic mass is 35.5. The number of aromatic nitrogens is 3. The van der Waals surface area contributed by atoms with Crippen LogP contribution in [0.2, 0.25) is 5.02 Å². The number of hydrogen-bond donors (Lipinski definition) is 1. The Kier molecular flexibility index (Phi) is 3.31. The summed E-state index contributed by atoms with van der Waals surface area (Å²) in [4.78, 5) is 7.02. The van der Waals surface area contributed by atoms with E-state index in [2.05, 4.69) is 9.97 Å². The number of imidazole rings is 1. The van der Waals surface area contributed by atoms with Crippen molar-refractivity contribution in [3.63, 3.8) is 0 Å². The largest absolute Gasteiger partial charge is 0.330 e. The van der Waals surface area contributed by atoms with E-state index in [1.807, 2.05) is 23.6 Å². The molecule has 0 fully saturated rings. The molecule has 0 amide bonds. The molecule has 0 aliphatic rings. The Hall–Kier alpha value is -1.72. The molecular weight excluding hydrogens is 297 g/mol. The third-order valence-corrected chi connectivity index (χ3v) is 3.92. The molecule has 1 N–H and O–H groups in total. The molecule has 0 bridgehead atoms. The normalized spacial score (nSPS) is 12.8. The first-order chi connectivity index (χ1) is 9.58. The Labute approximate surface area is 125 Å². The van der Waals surface area contributed by atoms with Crippen molar-refractivity contribution in [1.82, 2.24) is 14.5 Å². The van der Waals surface area contributed by atoms with Gasteiger partial charge in [-0.1, -0.05) is 11.6 Å². The number of benzene rings is 1. The molecule has 1 atom stereocenters. The molecule has 3 rings (SSSR count). The molecule has 3 nitrogen and oxygen atoms in total. The SMILES string of the molecule is CC(c1ccncc1)n1c(=S)[nH]c2cc(F)c(Cl)cc21. The summed E-state index contributed by atoms with van der Waals surface area (Å²) < 4.78 is 16.0. The molecule has 0 saturated carbocycles. The molecular formula is C14H11ClFN3S. The zero-order valence-corrected chi connectivity index (χ0v) is 12.2. The van der Waals surface area contributed by atoms with Crippen molar-refractivity contribution in [2.75, 3.05) is 0 Å². The van der Waals surface area contributed by atoms with Crippen LogP contribution in [0.1, 0.15) is 18.5 Å². The second-order valence-electron chi connectivity index (χ2n) is 4.54. The highest BCUT2D eigenvalue weighted by Crippen LogP contribution is 2.27. The molecule has 1 unspecified atom stereocenters. The lowest BCUT2D eigenvalue weighted by molar-refractivity contribution is 0.628. The van der Waals surface area contributed by atoms with Crippen LogP contribution in [0.4, 0.5) is 4.39 Å². The van der Waals surface area contributed by atoms with Crippen LogP contribution in [-0.2, 0) is 0 Å². The minimum absolute atomic E-state index is 0.000720. The van der Waals surface area contributed by atoms with Gasteiger partial charge in [-0.2, -0.15) is 0 Å². The highest BCUT2D eigenvalue weighted by Gasteiger charge is 2.15. The van der Waals surface area contributed by atoms with Crippen LogP contribution in [0.25, 0.3) is 11.0 Å². The minimum atomic E-state index is -0.459. The van der Waals surface area contributed by atoms with Gasteiger partial charge in [-0.25, -0.2) is 4.39 Å². The second-order valence-corrected chi connectivity index (χ2v) is 5.33. The number of hydrogen-bond acceptors (Lipinski definition) is 2. The molecule has 0 aliphatic heterocycles. The van der Waals surface area contributed by atoms with Crippen molar-refractivity contribution in [2.24, 2.45) is 0 Å². The van der Waals surface area contributed by atoms with Crippen molar-refractivity contribution in [3.05, 3.63) is 57.8 Å². The van der Waals surface area contributed by atoms with Crippen LogP contribution in [0.5, 0.6) is 0 Å². The Morgan fingerprint density at radius 2 is 2.05 bits per heavy atom. The first-order valence-electron chi connectivity index (χ1n) is 6.07. The summed E-state index contributed by atoms with van der Waals surface area (Å²) in [6, 6.07) is 6.81. The van der Waals surface area contributed by atoms with Gasteiger partial charge in [-0.3, -0.25) is 4.98 Å². The van der Waals surface area contributed by atoms with Gasteiger partial charge in [0.1, 0.15) is 5.82 Å². The van der Waals surface area contributed by atoms with Gasteiger partial charge in [0.05, 0.1) is 22.1 Å². The molecule has 0 saturated heterocycles. The molecule has 0 radical (unpaired) electrons. The van der Waals surface area contributed by atoms with Gasteiger partial charge in [-0.15, -0.1) is 0 Å². The maximum atomic E-state index is 13.5. The number of halogens is 2. The van der Waals surface area contributed by atoms with E-state index >= 15 is 0 Å². The van der Waals surface area contributed by atoms with E-state index in [-0.39, 0.29) is 11.1 Å². The van der Waals surface area contributed by atoms with Gasteiger partial charge >= 0.3 is 0 Å². The van der Waals surface area contributed by atoms with E-state index in [1.54, 1.807) is 18.5 Å². The van der Waals surface area contributed by atoms with Crippen molar-refractivity contribution in [2.45, 2.75) is 13.0 Å². The van der Waals surface area contributed by atoms with E-state index in [9.17, 15) is 4.39 Å². The third-order valence-electron chi connectivity index (χ3n) is 3.33. The van der Waals surface area contributed by atoms with Gasteiger partial charge in [0, 0.05) is 18.5 Å². The van der Waals surface area contributed by atoms with Crippen LogP contribution in [0.3, 0.4) is 0 Å². The van der Waals surface area contributed by atoms with Crippen LogP contribution < -0.4 is 0 Å². The van der Waals surface area contributed by atoms with E-state index in [4.69, 9.17) is 23.8 Å². The predicted molar refractivity (Wildman–Crippen MR) is 80.1 cm³/mol. The highest BCUT2D eigenvalue weighted by molar-refractivity contribution is 7.71. The lowest BCUT2D eigenvalue weighted by Crippen LogP contribution is -2.06. The molecule has 2 heterocycles. The number of pyridine rings is 1. The summed E-state index contributed by atoms with van der Waals surface area (Å²) in [5.74, 6) is -0.459. The fraction of sp³-hybridized carbons (Fsp3) is 0.143. The van der Waals surface area contributed by atoms with Crippen LogP contribution in [0.15, 0.2) is 36.7 Å². The number of nitrogens with zero attached hydrogens (tertiary/aromatic N) is 2. The van der Waals surface area contributed by atoms with Crippen molar-refractivity contribution >= 4 is 34.9 Å². The Morgan fingerprint density at radius 3 is 2.75 bits per heavy atom. The second kappa shape index (κ2) is 5.00. The quantitative estimate of drug-likeness (QED) is 0.707.